The molecule has 5 atom stereocenters. The zero-order valence-corrected chi connectivity index (χ0v) is 30.2. The van der Waals surface area contributed by atoms with E-state index in [9.17, 15) is 34.2 Å². The van der Waals surface area contributed by atoms with Gasteiger partial charge < -0.3 is 70.0 Å². The summed E-state index contributed by atoms with van der Waals surface area (Å²) in [5, 5.41) is 34.1. The van der Waals surface area contributed by atoms with E-state index in [1.165, 1.54) is 0 Å². The minimum absolute atomic E-state index is 0.0949. The van der Waals surface area contributed by atoms with Gasteiger partial charge in [-0.05, 0) is 46.3 Å². The third-order valence-electron chi connectivity index (χ3n) is 7.94. The highest BCUT2D eigenvalue weighted by atomic mass is 16.7. The number of carbonyl (C=O) groups is 5. The Morgan fingerprint density at radius 3 is 1.88 bits per heavy atom. The van der Waals surface area contributed by atoms with Gasteiger partial charge in [-0.1, -0.05) is 0 Å². The van der Waals surface area contributed by atoms with E-state index in [1.54, 1.807) is 7.05 Å². The van der Waals surface area contributed by atoms with Crippen LogP contribution in [0.2, 0.25) is 0 Å². The lowest BCUT2D eigenvalue weighted by atomic mass is 10.0. The number of unbranched alkanes of at least 4 members (excludes halogenated alkanes) is 1. The molecule has 1 unspecified atom stereocenters. The van der Waals surface area contributed by atoms with Crippen LogP contribution in [0.25, 0.3) is 0 Å². The maximum Gasteiger partial charge on any atom is 0.293 e. The fourth-order valence-electron chi connectivity index (χ4n) is 4.88. The van der Waals surface area contributed by atoms with Crippen LogP contribution in [0.1, 0.15) is 57.8 Å². The van der Waals surface area contributed by atoms with Crippen molar-refractivity contribution in [1.82, 2.24) is 26.6 Å². The summed E-state index contributed by atoms with van der Waals surface area (Å²) in [6.45, 7) is 3.45. The normalized spacial score (nSPS) is 19.8. The summed E-state index contributed by atoms with van der Waals surface area (Å²) in [4.78, 5) is 57.8. The van der Waals surface area contributed by atoms with Crippen molar-refractivity contribution in [3.8, 4) is 0 Å². The zero-order valence-electron chi connectivity index (χ0n) is 30.2. The number of hydrogen-bond donors (Lipinski definition) is 7. The molecule has 0 bridgehead atoms. The molecule has 0 spiro atoms. The number of nitrogens with one attached hydrogen (secondary N) is 5. The van der Waals surface area contributed by atoms with Gasteiger partial charge in [-0.15, -0.1) is 0 Å². The number of aldehydes is 1. The molecule has 1 fully saturated rings. The molecule has 1 rings (SSSR count). The Hall–Kier alpha value is -2.81. The summed E-state index contributed by atoms with van der Waals surface area (Å²) in [6, 6.07) is 0. The van der Waals surface area contributed by atoms with Crippen molar-refractivity contribution >= 4 is 30.5 Å². The van der Waals surface area contributed by atoms with Gasteiger partial charge in [-0.25, -0.2) is 0 Å². The Morgan fingerprint density at radius 1 is 0.784 bits per heavy atom. The van der Waals surface area contributed by atoms with E-state index in [-0.39, 0.29) is 96.1 Å². The van der Waals surface area contributed by atoms with Crippen LogP contribution < -0.4 is 26.6 Å². The lowest BCUT2D eigenvalue weighted by molar-refractivity contribution is -0.258. The van der Waals surface area contributed by atoms with Gasteiger partial charge in [0.2, 0.25) is 17.7 Å². The van der Waals surface area contributed by atoms with Crippen LogP contribution in [0, 0.1) is 0 Å². The van der Waals surface area contributed by atoms with Crippen LogP contribution in [-0.2, 0) is 52.4 Å². The molecule has 0 aromatic heterocycles. The lowest BCUT2D eigenvalue weighted by Gasteiger charge is -2.37. The molecule has 3 amide bonds. The first-order valence-corrected chi connectivity index (χ1v) is 17.7. The topological polar surface area (TPSA) is 241 Å². The van der Waals surface area contributed by atoms with Gasteiger partial charge >= 0.3 is 0 Å². The number of hydrogen-bond acceptors (Lipinski definition) is 15. The van der Waals surface area contributed by atoms with Gasteiger partial charge in [0.1, 0.15) is 24.6 Å². The SMILES string of the molecule is CNCCCNC(=O)CCOCC(COCCC=O)(COCCC(=O)NCCCNC(=O)CCCCO[C@H]1C[C@@H](OC=O)[C@@H](O)[C@@H](CO)O1)NC. The zero-order chi connectivity index (χ0) is 37.6. The first-order chi connectivity index (χ1) is 24.7. The van der Waals surface area contributed by atoms with Gasteiger partial charge in [0.15, 0.2) is 6.29 Å². The Kier molecular flexibility index (Phi) is 26.9. The van der Waals surface area contributed by atoms with Crippen molar-refractivity contribution in [2.75, 3.05) is 93.1 Å². The Morgan fingerprint density at radius 2 is 1.35 bits per heavy atom. The quantitative estimate of drug-likeness (QED) is 0.0282. The fraction of sp³-hybridized carbons (Fsp3) is 0.848. The second kappa shape index (κ2) is 29.7. The first-order valence-electron chi connectivity index (χ1n) is 17.7. The van der Waals surface area contributed by atoms with Gasteiger partial charge in [0, 0.05) is 58.3 Å². The van der Waals surface area contributed by atoms with E-state index in [1.807, 2.05) is 7.05 Å². The van der Waals surface area contributed by atoms with Gasteiger partial charge in [0.05, 0.1) is 51.8 Å². The molecule has 1 aliphatic rings. The van der Waals surface area contributed by atoms with Gasteiger partial charge in [-0.2, -0.15) is 0 Å². The number of carbonyl (C=O) groups excluding carboxylic acids is 5. The largest absolute Gasteiger partial charge is 0.462 e. The lowest BCUT2D eigenvalue weighted by Crippen LogP contribution is -2.55. The van der Waals surface area contributed by atoms with Crippen LogP contribution in [0.3, 0.4) is 0 Å². The smallest absolute Gasteiger partial charge is 0.293 e. The number of aliphatic hydroxyl groups is 2. The number of ether oxygens (including phenoxy) is 6. The number of aliphatic hydroxyl groups excluding tert-OH is 2. The molecule has 0 aromatic carbocycles. The van der Waals surface area contributed by atoms with E-state index in [4.69, 9.17) is 28.4 Å². The molecule has 7 N–H and O–H groups in total. The average Bonchev–Trinajstić information content (AvgIpc) is 3.12. The Labute approximate surface area is 300 Å². The average molecular weight is 736 g/mol. The maximum atomic E-state index is 12.3. The van der Waals surface area contributed by atoms with Gasteiger partial charge in [0.25, 0.3) is 6.47 Å². The van der Waals surface area contributed by atoms with Crippen molar-refractivity contribution in [3.63, 3.8) is 0 Å². The van der Waals surface area contributed by atoms with Crippen molar-refractivity contribution in [3.05, 3.63) is 0 Å². The van der Waals surface area contributed by atoms with E-state index in [2.05, 4.69) is 26.6 Å². The molecular formula is C33H61N5O13. The van der Waals surface area contributed by atoms with Crippen LogP contribution in [-0.4, -0.2) is 164 Å². The molecule has 296 valence electrons. The monoisotopic (exact) mass is 735 g/mol. The Balaban J connectivity index is 2.21. The highest BCUT2D eigenvalue weighted by Gasteiger charge is 2.39. The summed E-state index contributed by atoms with van der Waals surface area (Å²) in [7, 11) is 3.59. The predicted octanol–water partition coefficient (Wildman–Crippen LogP) is -2.09. The van der Waals surface area contributed by atoms with Crippen molar-refractivity contribution < 1.29 is 62.6 Å². The number of amides is 3. The summed E-state index contributed by atoms with van der Waals surface area (Å²) in [5.41, 5.74) is -0.747. The first kappa shape index (κ1) is 46.2. The van der Waals surface area contributed by atoms with Crippen LogP contribution in [0.15, 0.2) is 0 Å². The van der Waals surface area contributed by atoms with Crippen LogP contribution in [0.5, 0.6) is 0 Å². The summed E-state index contributed by atoms with van der Waals surface area (Å²) >= 11 is 0. The Bertz CT molecular complexity index is 966. The van der Waals surface area contributed by atoms with Gasteiger partial charge in [-0.3, -0.25) is 19.2 Å². The second-order valence-electron chi connectivity index (χ2n) is 12.1. The molecule has 1 heterocycles. The second-order valence-corrected chi connectivity index (χ2v) is 12.1. The summed E-state index contributed by atoms with van der Waals surface area (Å²) in [6.07, 6.45) is 0.685. The standard InChI is InChI=1S/C33H61N5O13/c1-34-11-5-12-37-29(43)9-18-47-23-33(35-2,22-46-16-7-15-39)24-48-19-10-30(44)38-14-6-13-36-28(42)8-3-4-17-49-31-20-26(50-25-41)32(45)27(21-40)51-31/h15,25-27,31-32,34-35,40,45H,3-14,16-24H2,1-2H3,(H,36,42)(H,37,43)(H,38,44)/t26-,27-,31-,32-,33?/m1/s1. The predicted molar refractivity (Wildman–Crippen MR) is 183 cm³/mol. The number of likely N-dealkylation sites (N-methyl/N-ethyl adjacent to an activating group) is 1. The highest BCUT2D eigenvalue weighted by molar-refractivity contribution is 5.76. The van der Waals surface area contributed by atoms with E-state index in [0.717, 1.165) is 19.3 Å². The highest BCUT2D eigenvalue weighted by Crippen LogP contribution is 2.23. The van der Waals surface area contributed by atoms with E-state index in [0.29, 0.717) is 45.3 Å². The number of rotatable bonds is 33. The summed E-state index contributed by atoms with van der Waals surface area (Å²) in [5.74, 6) is -0.411. The third kappa shape index (κ3) is 22.0. The molecule has 1 saturated heterocycles. The minimum Gasteiger partial charge on any atom is -0.462 e. The van der Waals surface area contributed by atoms with E-state index < -0.39 is 36.7 Å². The minimum atomic E-state index is -1.14. The van der Waals surface area contributed by atoms with Crippen molar-refractivity contribution in [2.24, 2.45) is 0 Å². The molecule has 0 aromatic rings. The van der Waals surface area contributed by atoms with Crippen LogP contribution >= 0.6 is 0 Å². The molecule has 0 radical (unpaired) electrons. The molecular weight excluding hydrogens is 674 g/mol. The fourth-order valence-corrected chi connectivity index (χ4v) is 4.88. The molecule has 1 aliphatic heterocycles. The molecule has 18 heteroatoms. The summed E-state index contributed by atoms with van der Waals surface area (Å²) < 4.78 is 33.2. The van der Waals surface area contributed by atoms with Crippen LogP contribution in [0.4, 0.5) is 0 Å². The molecule has 0 saturated carbocycles. The third-order valence-corrected chi connectivity index (χ3v) is 7.94. The van der Waals surface area contributed by atoms with E-state index >= 15 is 0 Å². The maximum absolute atomic E-state index is 12.3. The molecule has 0 aliphatic carbocycles. The van der Waals surface area contributed by atoms with Crippen molar-refractivity contribution in [1.29, 1.82) is 0 Å². The molecule has 18 nitrogen and oxygen atoms in total. The molecule has 51 heavy (non-hydrogen) atoms. The van der Waals surface area contributed by atoms with Crippen molar-refractivity contribution in [2.45, 2.75) is 87.9 Å².